The molecule has 0 saturated carbocycles. The van der Waals surface area contributed by atoms with Crippen molar-refractivity contribution in [2.75, 3.05) is 20.1 Å². The topological polar surface area (TPSA) is 46.3 Å². The van der Waals surface area contributed by atoms with Gasteiger partial charge in [-0.05, 0) is 25.1 Å². The van der Waals surface area contributed by atoms with Gasteiger partial charge in [-0.25, -0.2) is 13.2 Å². The van der Waals surface area contributed by atoms with Crippen molar-refractivity contribution in [2.45, 2.75) is 6.42 Å². The van der Waals surface area contributed by atoms with E-state index in [0.29, 0.717) is 19.5 Å². The summed E-state index contributed by atoms with van der Waals surface area (Å²) in [7, 11) is 1.44. The molecule has 6 heteroatoms. The molecule has 0 radical (unpaired) electrons. The largest absolute Gasteiger partial charge is 0.342 e. The molecule has 1 aromatic carbocycles. The Labute approximate surface area is 97.0 Å². The van der Waals surface area contributed by atoms with Crippen molar-refractivity contribution in [3.8, 4) is 0 Å². The lowest BCUT2D eigenvalue weighted by Crippen LogP contribution is -2.30. The average Bonchev–Trinajstić information content (AvgIpc) is 2.32. The maximum absolute atomic E-state index is 13.3. The summed E-state index contributed by atoms with van der Waals surface area (Å²) >= 11 is 0. The van der Waals surface area contributed by atoms with Crippen LogP contribution >= 0.6 is 0 Å². The summed E-state index contributed by atoms with van der Waals surface area (Å²) in [5.41, 5.74) is 4.78. The van der Waals surface area contributed by atoms with Gasteiger partial charge in [0.25, 0.3) is 5.91 Å². The van der Waals surface area contributed by atoms with Gasteiger partial charge in [0.1, 0.15) is 0 Å². The molecule has 2 N–H and O–H groups in total. The van der Waals surface area contributed by atoms with Crippen LogP contribution in [0.2, 0.25) is 0 Å². The van der Waals surface area contributed by atoms with Gasteiger partial charge in [0.15, 0.2) is 17.5 Å². The zero-order valence-electron chi connectivity index (χ0n) is 9.34. The molecule has 0 heterocycles. The molecule has 0 bridgehead atoms. The maximum atomic E-state index is 13.3. The first-order valence-corrected chi connectivity index (χ1v) is 5.08. The second kappa shape index (κ2) is 5.67. The Morgan fingerprint density at radius 2 is 1.94 bits per heavy atom. The lowest BCUT2D eigenvalue weighted by molar-refractivity contribution is 0.0788. The van der Waals surface area contributed by atoms with Crippen molar-refractivity contribution in [3.63, 3.8) is 0 Å². The molecular formula is C11H13F3N2O. The fraction of sp³-hybridized carbons (Fsp3) is 0.364. The molecule has 94 valence electrons. The van der Waals surface area contributed by atoms with Gasteiger partial charge in [-0.15, -0.1) is 0 Å². The van der Waals surface area contributed by atoms with Crippen LogP contribution in [-0.2, 0) is 0 Å². The molecule has 0 unspecified atom stereocenters. The van der Waals surface area contributed by atoms with Crippen LogP contribution in [0.4, 0.5) is 13.2 Å². The van der Waals surface area contributed by atoms with Crippen LogP contribution in [0.5, 0.6) is 0 Å². The predicted molar refractivity (Wildman–Crippen MR) is 56.9 cm³/mol. The lowest BCUT2D eigenvalue weighted by Gasteiger charge is -2.17. The molecule has 0 aliphatic carbocycles. The molecule has 3 nitrogen and oxygen atoms in total. The number of carbonyl (C=O) groups is 1. The third-order valence-corrected chi connectivity index (χ3v) is 2.31. The third kappa shape index (κ3) is 2.97. The summed E-state index contributed by atoms with van der Waals surface area (Å²) in [5, 5.41) is 0. The highest BCUT2D eigenvalue weighted by Crippen LogP contribution is 2.16. The van der Waals surface area contributed by atoms with Gasteiger partial charge in [0, 0.05) is 13.6 Å². The van der Waals surface area contributed by atoms with E-state index in [2.05, 4.69) is 0 Å². The first-order valence-electron chi connectivity index (χ1n) is 5.08. The van der Waals surface area contributed by atoms with E-state index in [0.717, 1.165) is 12.1 Å². The van der Waals surface area contributed by atoms with E-state index in [9.17, 15) is 18.0 Å². The maximum Gasteiger partial charge on any atom is 0.256 e. The number of nitrogens with zero attached hydrogens (tertiary/aromatic N) is 1. The molecule has 0 aromatic heterocycles. The van der Waals surface area contributed by atoms with Crippen molar-refractivity contribution in [3.05, 3.63) is 35.1 Å². The Kier molecular flexibility index (Phi) is 4.51. The Hall–Kier alpha value is -1.56. The highest BCUT2D eigenvalue weighted by Gasteiger charge is 2.20. The number of carbonyl (C=O) groups excluding carboxylic acids is 1. The van der Waals surface area contributed by atoms with Crippen molar-refractivity contribution in [2.24, 2.45) is 5.73 Å². The molecule has 0 spiro atoms. The van der Waals surface area contributed by atoms with Crippen LogP contribution in [0.1, 0.15) is 16.8 Å². The average molecular weight is 246 g/mol. The molecule has 1 aromatic rings. The van der Waals surface area contributed by atoms with Gasteiger partial charge in [0.2, 0.25) is 0 Å². The normalized spacial score (nSPS) is 10.4. The smallest absolute Gasteiger partial charge is 0.256 e. The zero-order valence-corrected chi connectivity index (χ0v) is 9.34. The molecule has 17 heavy (non-hydrogen) atoms. The summed E-state index contributed by atoms with van der Waals surface area (Å²) in [6.07, 6.45) is 0.549. The molecule has 0 atom stereocenters. The second-order valence-corrected chi connectivity index (χ2v) is 3.59. The lowest BCUT2D eigenvalue weighted by atomic mass is 10.1. The number of hydrogen-bond acceptors (Lipinski definition) is 2. The fourth-order valence-corrected chi connectivity index (χ4v) is 1.33. The minimum Gasteiger partial charge on any atom is -0.342 e. The summed E-state index contributed by atoms with van der Waals surface area (Å²) in [4.78, 5) is 12.9. The van der Waals surface area contributed by atoms with E-state index in [1.807, 2.05) is 0 Å². The highest BCUT2D eigenvalue weighted by atomic mass is 19.2. The monoisotopic (exact) mass is 246 g/mol. The van der Waals surface area contributed by atoms with Gasteiger partial charge in [-0.3, -0.25) is 4.79 Å². The molecule has 1 amide bonds. The number of halogens is 3. The Bertz CT molecular complexity index is 423. The number of benzene rings is 1. The van der Waals surface area contributed by atoms with E-state index < -0.39 is 28.9 Å². The summed E-state index contributed by atoms with van der Waals surface area (Å²) in [5.74, 6) is -5.11. The molecule has 0 aliphatic rings. The summed E-state index contributed by atoms with van der Waals surface area (Å²) in [6.45, 7) is 0.714. The minimum absolute atomic E-state index is 0.327. The Morgan fingerprint density at radius 3 is 2.53 bits per heavy atom. The van der Waals surface area contributed by atoms with Crippen LogP contribution in [-0.4, -0.2) is 30.9 Å². The van der Waals surface area contributed by atoms with Gasteiger partial charge in [-0.1, -0.05) is 0 Å². The van der Waals surface area contributed by atoms with E-state index in [4.69, 9.17) is 5.73 Å². The second-order valence-electron chi connectivity index (χ2n) is 3.59. The van der Waals surface area contributed by atoms with Crippen LogP contribution in [0, 0.1) is 17.5 Å². The summed E-state index contributed by atoms with van der Waals surface area (Å²) in [6, 6.07) is 1.65. The van der Waals surface area contributed by atoms with Crippen LogP contribution < -0.4 is 5.73 Å². The van der Waals surface area contributed by atoms with Crippen molar-refractivity contribution in [1.82, 2.24) is 4.90 Å². The minimum atomic E-state index is -1.64. The van der Waals surface area contributed by atoms with Crippen molar-refractivity contribution in [1.29, 1.82) is 0 Å². The molecule has 0 saturated heterocycles. The van der Waals surface area contributed by atoms with Gasteiger partial charge in [0.05, 0.1) is 5.56 Å². The third-order valence-electron chi connectivity index (χ3n) is 2.31. The van der Waals surface area contributed by atoms with Crippen molar-refractivity contribution >= 4 is 5.91 Å². The molecular weight excluding hydrogens is 233 g/mol. The SMILES string of the molecule is CN(CCCN)C(=O)c1ccc(F)c(F)c1F. The fourth-order valence-electron chi connectivity index (χ4n) is 1.33. The van der Waals surface area contributed by atoms with Crippen LogP contribution in [0.15, 0.2) is 12.1 Å². The Balaban J connectivity index is 2.93. The standard InChI is InChI=1S/C11H13F3N2O/c1-16(6-2-5-15)11(17)7-3-4-8(12)10(14)9(7)13/h3-4H,2,5-6,15H2,1H3. The highest BCUT2D eigenvalue weighted by molar-refractivity contribution is 5.94. The molecule has 0 fully saturated rings. The number of rotatable bonds is 4. The van der Waals surface area contributed by atoms with E-state index in [1.54, 1.807) is 0 Å². The first kappa shape index (κ1) is 13.5. The summed E-state index contributed by atoms with van der Waals surface area (Å²) < 4.78 is 38.9. The predicted octanol–water partition coefficient (Wildman–Crippen LogP) is 1.52. The van der Waals surface area contributed by atoms with Crippen molar-refractivity contribution < 1.29 is 18.0 Å². The number of amides is 1. The van der Waals surface area contributed by atoms with Crippen LogP contribution in [0.3, 0.4) is 0 Å². The molecule has 0 aliphatic heterocycles. The number of nitrogens with two attached hydrogens (primary N) is 1. The number of hydrogen-bond donors (Lipinski definition) is 1. The first-order chi connectivity index (χ1) is 7.99. The van der Waals surface area contributed by atoms with Gasteiger partial charge < -0.3 is 10.6 Å². The van der Waals surface area contributed by atoms with E-state index in [-0.39, 0.29) is 0 Å². The van der Waals surface area contributed by atoms with Gasteiger partial charge in [-0.2, -0.15) is 0 Å². The quantitative estimate of drug-likeness (QED) is 0.819. The van der Waals surface area contributed by atoms with E-state index in [1.165, 1.54) is 11.9 Å². The molecule has 1 rings (SSSR count). The Morgan fingerprint density at radius 1 is 1.29 bits per heavy atom. The van der Waals surface area contributed by atoms with E-state index >= 15 is 0 Å². The van der Waals surface area contributed by atoms with Gasteiger partial charge >= 0.3 is 0 Å². The zero-order chi connectivity index (χ0) is 13.0. The van der Waals surface area contributed by atoms with Crippen LogP contribution in [0.25, 0.3) is 0 Å².